The number of aromatic nitrogens is 2. The number of aryl methyl sites for hydroxylation is 1. The first kappa shape index (κ1) is 18.7. The molecule has 0 saturated carbocycles. The Labute approximate surface area is 168 Å². The molecule has 0 radical (unpaired) electrons. The van der Waals surface area contributed by atoms with Crippen molar-refractivity contribution in [3.8, 4) is 5.69 Å². The molecular formula is C21H21N5O3. The molecule has 1 aromatic heterocycles. The van der Waals surface area contributed by atoms with Crippen molar-refractivity contribution in [2.75, 3.05) is 31.1 Å². The van der Waals surface area contributed by atoms with Gasteiger partial charge in [-0.15, -0.1) is 0 Å². The van der Waals surface area contributed by atoms with Crippen LogP contribution in [0.1, 0.15) is 15.9 Å². The van der Waals surface area contributed by atoms with E-state index in [2.05, 4.69) is 35.0 Å². The first-order valence-corrected chi connectivity index (χ1v) is 9.40. The van der Waals surface area contributed by atoms with E-state index in [9.17, 15) is 14.9 Å². The molecule has 1 aliphatic rings. The molecule has 1 amide bonds. The number of piperazine rings is 1. The van der Waals surface area contributed by atoms with Gasteiger partial charge in [0.25, 0.3) is 11.6 Å². The second-order valence-electron chi connectivity index (χ2n) is 7.05. The van der Waals surface area contributed by atoms with Gasteiger partial charge >= 0.3 is 0 Å². The van der Waals surface area contributed by atoms with Gasteiger partial charge in [0, 0.05) is 55.9 Å². The summed E-state index contributed by atoms with van der Waals surface area (Å²) in [6.45, 7) is 4.66. The summed E-state index contributed by atoms with van der Waals surface area (Å²) in [7, 11) is 0. The molecule has 0 atom stereocenters. The highest BCUT2D eigenvalue weighted by Crippen LogP contribution is 2.25. The van der Waals surface area contributed by atoms with Gasteiger partial charge in [-0.25, -0.2) is 4.98 Å². The third-order valence-corrected chi connectivity index (χ3v) is 5.14. The maximum Gasteiger partial charge on any atom is 0.294 e. The van der Waals surface area contributed by atoms with Crippen LogP contribution in [0.15, 0.2) is 61.2 Å². The smallest absolute Gasteiger partial charge is 0.294 e. The zero-order valence-electron chi connectivity index (χ0n) is 16.1. The van der Waals surface area contributed by atoms with Crippen molar-refractivity contribution in [3.05, 3.63) is 82.4 Å². The van der Waals surface area contributed by atoms with Crippen molar-refractivity contribution in [1.82, 2.24) is 14.5 Å². The fraction of sp³-hybridized carbons (Fsp3) is 0.238. The van der Waals surface area contributed by atoms with Gasteiger partial charge in [0.2, 0.25) is 0 Å². The lowest BCUT2D eigenvalue weighted by atomic mass is 10.1. The minimum atomic E-state index is -0.470. The molecule has 0 bridgehead atoms. The molecule has 0 N–H and O–H groups in total. The molecular weight excluding hydrogens is 370 g/mol. The molecule has 1 fully saturated rings. The molecule has 1 aliphatic heterocycles. The lowest BCUT2D eigenvalue weighted by Crippen LogP contribution is -2.48. The third kappa shape index (κ3) is 3.82. The Morgan fingerprint density at radius 2 is 1.90 bits per heavy atom. The van der Waals surface area contributed by atoms with Gasteiger partial charge in [-0.05, 0) is 36.8 Å². The first-order valence-electron chi connectivity index (χ1n) is 9.40. The second kappa shape index (κ2) is 7.75. The summed E-state index contributed by atoms with van der Waals surface area (Å²) in [4.78, 5) is 31.9. The monoisotopic (exact) mass is 391 g/mol. The maximum absolute atomic E-state index is 12.9. The number of amides is 1. The van der Waals surface area contributed by atoms with Crippen molar-refractivity contribution in [2.45, 2.75) is 6.92 Å². The molecule has 3 aromatic rings. The van der Waals surface area contributed by atoms with E-state index in [-0.39, 0.29) is 11.6 Å². The fourth-order valence-corrected chi connectivity index (χ4v) is 3.60. The summed E-state index contributed by atoms with van der Waals surface area (Å²) in [6, 6.07) is 12.9. The number of nitro benzene ring substituents is 1. The van der Waals surface area contributed by atoms with Crippen LogP contribution in [-0.2, 0) is 0 Å². The number of nitro groups is 1. The van der Waals surface area contributed by atoms with Crippen LogP contribution in [0.3, 0.4) is 0 Å². The van der Waals surface area contributed by atoms with Crippen LogP contribution in [-0.4, -0.2) is 51.5 Å². The van der Waals surface area contributed by atoms with Gasteiger partial charge in [0.05, 0.1) is 11.3 Å². The van der Waals surface area contributed by atoms with Crippen LogP contribution in [0.5, 0.6) is 0 Å². The summed E-state index contributed by atoms with van der Waals surface area (Å²) in [5.74, 6) is -0.186. The van der Waals surface area contributed by atoms with Crippen molar-refractivity contribution < 1.29 is 9.72 Å². The Kier molecular flexibility index (Phi) is 4.99. The number of imidazole rings is 1. The highest BCUT2D eigenvalue weighted by Gasteiger charge is 2.25. The number of hydrogen-bond acceptors (Lipinski definition) is 5. The lowest BCUT2D eigenvalue weighted by Gasteiger charge is -2.36. The van der Waals surface area contributed by atoms with Crippen LogP contribution in [0.25, 0.3) is 5.69 Å². The minimum absolute atomic E-state index is 0.118. The summed E-state index contributed by atoms with van der Waals surface area (Å²) in [6.07, 6.45) is 4.68. The molecule has 2 aromatic carbocycles. The molecule has 8 heteroatoms. The van der Waals surface area contributed by atoms with E-state index in [1.807, 2.05) is 6.07 Å². The summed E-state index contributed by atoms with van der Waals surface area (Å²) in [5.41, 5.74) is 2.94. The van der Waals surface area contributed by atoms with E-state index in [1.54, 1.807) is 34.0 Å². The van der Waals surface area contributed by atoms with Gasteiger partial charge in [-0.1, -0.05) is 12.1 Å². The highest BCUT2D eigenvalue weighted by atomic mass is 16.6. The average molecular weight is 391 g/mol. The molecule has 0 aliphatic carbocycles. The third-order valence-electron chi connectivity index (χ3n) is 5.14. The van der Waals surface area contributed by atoms with Gasteiger partial charge in [-0.2, -0.15) is 0 Å². The fourth-order valence-electron chi connectivity index (χ4n) is 3.60. The average Bonchev–Trinajstić information content (AvgIpc) is 3.27. The summed E-state index contributed by atoms with van der Waals surface area (Å²) >= 11 is 0. The van der Waals surface area contributed by atoms with E-state index >= 15 is 0 Å². The van der Waals surface area contributed by atoms with Gasteiger partial charge < -0.3 is 14.4 Å². The Morgan fingerprint density at radius 3 is 2.55 bits per heavy atom. The number of benzene rings is 2. The van der Waals surface area contributed by atoms with Gasteiger partial charge in [0.15, 0.2) is 0 Å². The Morgan fingerprint density at radius 1 is 1.10 bits per heavy atom. The zero-order chi connectivity index (χ0) is 20.4. The molecule has 148 valence electrons. The number of carbonyl (C=O) groups is 1. The van der Waals surface area contributed by atoms with E-state index in [4.69, 9.17) is 0 Å². The SMILES string of the molecule is Cc1cccc(N2CCN(C(=O)c3ccc(-n4ccnc4)c([N+](=O)[O-])c3)CC2)c1. The maximum atomic E-state index is 12.9. The molecule has 0 spiro atoms. The standard InChI is InChI=1S/C21H21N5O3/c1-16-3-2-4-18(13-16)23-9-11-24(12-10-23)21(27)17-5-6-19(20(14-17)26(28)29)25-8-7-22-15-25/h2-8,13-15H,9-12H2,1H3. The van der Waals surface area contributed by atoms with E-state index in [0.717, 1.165) is 18.8 Å². The topological polar surface area (TPSA) is 84.5 Å². The van der Waals surface area contributed by atoms with Crippen molar-refractivity contribution in [1.29, 1.82) is 0 Å². The van der Waals surface area contributed by atoms with Crippen molar-refractivity contribution in [2.24, 2.45) is 0 Å². The lowest BCUT2D eigenvalue weighted by molar-refractivity contribution is -0.384. The number of nitrogens with zero attached hydrogens (tertiary/aromatic N) is 5. The number of hydrogen-bond donors (Lipinski definition) is 0. The van der Waals surface area contributed by atoms with Crippen LogP contribution in [0.2, 0.25) is 0 Å². The van der Waals surface area contributed by atoms with Crippen LogP contribution in [0, 0.1) is 17.0 Å². The number of anilines is 1. The Balaban J connectivity index is 1.50. The molecule has 4 rings (SSSR count). The normalized spacial score (nSPS) is 14.1. The van der Waals surface area contributed by atoms with Crippen LogP contribution in [0.4, 0.5) is 11.4 Å². The van der Waals surface area contributed by atoms with Crippen molar-refractivity contribution in [3.63, 3.8) is 0 Å². The Hall–Kier alpha value is -3.68. The van der Waals surface area contributed by atoms with Gasteiger partial charge in [0.1, 0.15) is 5.69 Å². The molecule has 29 heavy (non-hydrogen) atoms. The summed E-state index contributed by atoms with van der Waals surface area (Å²) < 4.78 is 1.56. The largest absolute Gasteiger partial charge is 0.368 e. The van der Waals surface area contributed by atoms with Crippen LogP contribution < -0.4 is 4.90 Å². The molecule has 0 unspecified atom stereocenters. The molecule has 2 heterocycles. The van der Waals surface area contributed by atoms with E-state index in [1.165, 1.54) is 18.0 Å². The van der Waals surface area contributed by atoms with E-state index in [0.29, 0.717) is 24.3 Å². The summed E-state index contributed by atoms with van der Waals surface area (Å²) in [5, 5.41) is 11.5. The highest BCUT2D eigenvalue weighted by molar-refractivity contribution is 5.95. The first-order chi connectivity index (χ1) is 14.0. The minimum Gasteiger partial charge on any atom is -0.368 e. The number of carbonyl (C=O) groups excluding carboxylic acids is 1. The predicted octanol–water partition coefficient (Wildman–Crippen LogP) is 3.05. The number of rotatable bonds is 4. The van der Waals surface area contributed by atoms with Crippen LogP contribution >= 0.6 is 0 Å². The zero-order valence-corrected chi connectivity index (χ0v) is 16.1. The molecule has 8 nitrogen and oxygen atoms in total. The second-order valence-corrected chi connectivity index (χ2v) is 7.05. The van der Waals surface area contributed by atoms with E-state index < -0.39 is 4.92 Å². The van der Waals surface area contributed by atoms with Gasteiger partial charge in [-0.3, -0.25) is 14.9 Å². The Bertz CT molecular complexity index is 1040. The van der Waals surface area contributed by atoms with Crippen molar-refractivity contribution >= 4 is 17.3 Å². The molecule has 1 saturated heterocycles. The quantitative estimate of drug-likeness (QED) is 0.504. The predicted molar refractivity (Wildman–Crippen MR) is 110 cm³/mol.